The summed E-state index contributed by atoms with van der Waals surface area (Å²) in [6, 6.07) is 11.6. The van der Waals surface area contributed by atoms with Crippen molar-refractivity contribution in [2.24, 2.45) is 0 Å². The molecule has 30 heavy (non-hydrogen) atoms. The molecule has 0 radical (unpaired) electrons. The summed E-state index contributed by atoms with van der Waals surface area (Å²) >= 11 is 5.02. The molecule has 1 amide bonds. The van der Waals surface area contributed by atoms with Crippen molar-refractivity contribution in [2.75, 3.05) is 37.7 Å². The smallest absolute Gasteiger partial charge is 0.339 e. The minimum Gasteiger partial charge on any atom is -0.462 e. The Morgan fingerprint density at radius 2 is 1.90 bits per heavy atom. The Morgan fingerprint density at radius 1 is 1.13 bits per heavy atom. The van der Waals surface area contributed by atoms with Gasteiger partial charge in [-0.25, -0.2) is 9.78 Å². The van der Waals surface area contributed by atoms with Gasteiger partial charge in [-0.1, -0.05) is 15.9 Å². The van der Waals surface area contributed by atoms with Gasteiger partial charge in [0.15, 0.2) is 0 Å². The van der Waals surface area contributed by atoms with Crippen molar-refractivity contribution in [1.82, 2.24) is 9.88 Å². The van der Waals surface area contributed by atoms with Crippen molar-refractivity contribution in [3.63, 3.8) is 0 Å². The second-order valence-corrected chi connectivity index (χ2v) is 9.34. The molecule has 1 aromatic heterocycles. The maximum atomic E-state index is 13.0. The number of hydrogen-bond donors (Lipinski definition) is 0. The molecule has 0 spiro atoms. The standard InChI is InChI=1S/C22H26BrN3O3S/c1-3-29-22(28)17-5-10-20(24-15-17)25-11-4-12-26(14-13-25)21(27)16(2)30-19-8-6-18(23)7-9-19/h5-10,15-16H,3-4,11-14H2,1-2H3. The van der Waals surface area contributed by atoms with Crippen LogP contribution in [0.1, 0.15) is 30.6 Å². The van der Waals surface area contributed by atoms with Gasteiger partial charge in [-0.05, 0) is 56.7 Å². The van der Waals surface area contributed by atoms with Gasteiger partial charge in [0.25, 0.3) is 0 Å². The molecular weight excluding hydrogens is 466 g/mol. The number of benzene rings is 1. The fraction of sp³-hybridized carbons (Fsp3) is 0.409. The number of esters is 1. The number of ether oxygens (including phenoxy) is 1. The molecule has 1 atom stereocenters. The predicted octanol–water partition coefficient (Wildman–Crippen LogP) is 4.24. The van der Waals surface area contributed by atoms with Crippen LogP contribution in [0.3, 0.4) is 0 Å². The largest absolute Gasteiger partial charge is 0.462 e. The number of pyridine rings is 1. The fourth-order valence-corrected chi connectivity index (χ4v) is 4.52. The van der Waals surface area contributed by atoms with Crippen molar-refractivity contribution in [3.05, 3.63) is 52.6 Å². The molecular formula is C22H26BrN3O3S. The van der Waals surface area contributed by atoms with Crippen molar-refractivity contribution in [3.8, 4) is 0 Å². The Hall–Kier alpha value is -2.06. The molecule has 3 rings (SSSR count). The average molecular weight is 492 g/mol. The monoisotopic (exact) mass is 491 g/mol. The van der Waals surface area contributed by atoms with Crippen LogP contribution in [-0.4, -0.2) is 59.8 Å². The molecule has 0 bridgehead atoms. The van der Waals surface area contributed by atoms with Crippen LogP contribution in [-0.2, 0) is 9.53 Å². The van der Waals surface area contributed by atoms with Crippen LogP contribution in [0, 0.1) is 0 Å². The number of aromatic nitrogens is 1. The molecule has 6 nitrogen and oxygen atoms in total. The van der Waals surface area contributed by atoms with E-state index in [1.807, 2.05) is 42.2 Å². The lowest BCUT2D eigenvalue weighted by molar-refractivity contribution is -0.130. The molecule has 8 heteroatoms. The predicted molar refractivity (Wildman–Crippen MR) is 123 cm³/mol. The lowest BCUT2D eigenvalue weighted by Gasteiger charge is -2.25. The molecule has 0 N–H and O–H groups in total. The van der Waals surface area contributed by atoms with E-state index in [0.717, 1.165) is 34.7 Å². The number of anilines is 1. The molecule has 1 unspecified atom stereocenters. The van der Waals surface area contributed by atoms with E-state index < -0.39 is 0 Å². The second kappa shape index (κ2) is 10.8. The van der Waals surface area contributed by atoms with Gasteiger partial charge < -0.3 is 14.5 Å². The minimum absolute atomic E-state index is 0.139. The number of hydrogen-bond acceptors (Lipinski definition) is 6. The van der Waals surface area contributed by atoms with Gasteiger partial charge in [-0.3, -0.25) is 4.79 Å². The lowest BCUT2D eigenvalue weighted by Crippen LogP contribution is -2.39. The number of amides is 1. The quantitative estimate of drug-likeness (QED) is 0.444. The molecule has 1 fully saturated rings. The molecule has 0 aliphatic carbocycles. The van der Waals surface area contributed by atoms with E-state index in [0.29, 0.717) is 25.3 Å². The Kier molecular flexibility index (Phi) is 8.16. The maximum Gasteiger partial charge on any atom is 0.339 e. The zero-order valence-corrected chi connectivity index (χ0v) is 19.6. The SMILES string of the molecule is CCOC(=O)c1ccc(N2CCCN(C(=O)C(C)Sc3ccc(Br)cc3)CC2)nc1. The molecule has 1 aliphatic rings. The zero-order chi connectivity index (χ0) is 21.5. The summed E-state index contributed by atoms with van der Waals surface area (Å²) in [5, 5.41) is -0.139. The molecule has 2 heterocycles. The van der Waals surface area contributed by atoms with E-state index in [-0.39, 0.29) is 17.1 Å². The summed E-state index contributed by atoms with van der Waals surface area (Å²) in [7, 11) is 0. The highest BCUT2D eigenvalue weighted by atomic mass is 79.9. The van der Waals surface area contributed by atoms with Gasteiger partial charge in [-0.2, -0.15) is 0 Å². The van der Waals surface area contributed by atoms with Crippen molar-refractivity contribution >= 4 is 45.4 Å². The van der Waals surface area contributed by atoms with Gasteiger partial charge in [0.1, 0.15) is 5.82 Å². The first kappa shape index (κ1) is 22.6. The third-order valence-electron chi connectivity index (χ3n) is 4.86. The third-order valence-corrected chi connectivity index (χ3v) is 6.49. The summed E-state index contributed by atoms with van der Waals surface area (Å²) in [4.78, 5) is 34.4. The van der Waals surface area contributed by atoms with Gasteiger partial charge in [0.2, 0.25) is 5.91 Å². The Labute approximate surface area is 190 Å². The minimum atomic E-state index is -0.360. The lowest BCUT2D eigenvalue weighted by atomic mass is 10.2. The van der Waals surface area contributed by atoms with Gasteiger partial charge in [-0.15, -0.1) is 11.8 Å². The van der Waals surface area contributed by atoms with Gasteiger partial charge >= 0.3 is 5.97 Å². The number of thioether (sulfide) groups is 1. The number of carbonyl (C=O) groups excluding carboxylic acids is 2. The molecule has 0 saturated carbocycles. The summed E-state index contributed by atoms with van der Waals surface area (Å²) in [6.45, 7) is 7.02. The summed E-state index contributed by atoms with van der Waals surface area (Å²) < 4.78 is 6.03. The highest BCUT2D eigenvalue weighted by molar-refractivity contribution is 9.10. The van der Waals surface area contributed by atoms with Crippen LogP contribution in [0.4, 0.5) is 5.82 Å². The first-order valence-electron chi connectivity index (χ1n) is 10.1. The highest BCUT2D eigenvalue weighted by Crippen LogP contribution is 2.26. The van der Waals surface area contributed by atoms with Crippen LogP contribution in [0.25, 0.3) is 0 Å². The van der Waals surface area contributed by atoms with Crippen LogP contribution in [0.15, 0.2) is 52.0 Å². The maximum absolute atomic E-state index is 13.0. The summed E-state index contributed by atoms with van der Waals surface area (Å²) in [5.41, 5.74) is 0.450. The van der Waals surface area contributed by atoms with E-state index in [2.05, 4.69) is 25.8 Å². The summed E-state index contributed by atoms with van der Waals surface area (Å²) in [6.07, 6.45) is 2.43. The zero-order valence-electron chi connectivity index (χ0n) is 17.2. The topological polar surface area (TPSA) is 62.7 Å². The van der Waals surface area contributed by atoms with Crippen LogP contribution >= 0.6 is 27.7 Å². The molecule has 1 aromatic carbocycles. The van der Waals surface area contributed by atoms with Gasteiger partial charge in [0.05, 0.1) is 17.4 Å². The van der Waals surface area contributed by atoms with Crippen LogP contribution in [0.5, 0.6) is 0 Å². The van der Waals surface area contributed by atoms with Crippen molar-refractivity contribution < 1.29 is 14.3 Å². The third kappa shape index (κ3) is 5.98. The Balaban J connectivity index is 1.56. The van der Waals surface area contributed by atoms with Crippen LogP contribution in [0.2, 0.25) is 0 Å². The van der Waals surface area contributed by atoms with E-state index in [4.69, 9.17) is 4.74 Å². The highest BCUT2D eigenvalue weighted by Gasteiger charge is 2.24. The number of carbonyl (C=O) groups is 2. The fourth-order valence-electron chi connectivity index (χ4n) is 3.30. The van der Waals surface area contributed by atoms with Gasteiger partial charge in [0, 0.05) is 41.7 Å². The van der Waals surface area contributed by atoms with E-state index >= 15 is 0 Å². The van der Waals surface area contributed by atoms with Crippen LogP contribution < -0.4 is 4.90 Å². The molecule has 2 aromatic rings. The second-order valence-electron chi connectivity index (χ2n) is 7.01. The first-order chi connectivity index (χ1) is 14.5. The molecule has 160 valence electrons. The van der Waals surface area contributed by atoms with Crippen molar-refractivity contribution in [1.29, 1.82) is 0 Å². The van der Waals surface area contributed by atoms with E-state index in [1.165, 1.54) is 0 Å². The van der Waals surface area contributed by atoms with Crippen molar-refractivity contribution in [2.45, 2.75) is 30.4 Å². The molecule has 1 saturated heterocycles. The normalized spacial score (nSPS) is 15.4. The van der Waals surface area contributed by atoms with E-state index in [1.54, 1.807) is 30.9 Å². The number of rotatable bonds is 6. The average Bonchev–Trinajstić information content (AvgIpc) is 3.01. The number of halogens is 1. The number of nitrogens with zero attached hydrogens (tertiary/aromatic N) is 3. The first-order valence-corrected chi connectivity index (χ1v) is 11.7. The van der Waals surface area contributed by atoms with E-state index in [9.17, 15) is 9.59 Å². The molecule has 1 aliphatic heterocycles. The Morgan fingerprint density at radius 3 is 2.57 bits per heavy atom. The summed E-state index contributed by atoms with van der Waals surface area (Å²) in [5.74, 6) is 0.617. The Bertz CT molecular complexity index is 861.